The molecule has 116 valence electrons. The van der Waals surface area contributed by atoms with Crippen molar-refractivity contribution in [3.05, 3.63) is 28.8 Å². The van der Waals surface area contributed by atoms with Crippen LogP contribution in [-0.4, -0.2) is 37.5 Å². The van der Waals surface area contributed by atoms with Crippen LogP contribution in [-0.2, 0) is 14.8 Å². The van der Waals surface area contributed by atoms with E-state index in [9.17, 15) is 13.2 Å². The highest BCUT2D eigenvalue weighted by Crippen LogP contribution is 2.22. The second-order valence-corrected chi connectivity index (χ2v) is 7.77. The van der Waals surface area contributed by atoms with Crippen LogP contribution in [0.4, 0.5) is 5.69 Å². The summed E-state index contributed by atoms with van der Waals surface area (Å²) < 4.78 is 25.1. The lowest BCUT2D eigenvalue weighted by Gasteiger charge is -2.25. The van der Waals surface area contributed by atoms with Gasteiger partial charge < -0.3 is 5.32 Å². The molecule has 0 atom stereocenters. The second-order valence-electron chi connectivity index (χ2n) is 5.68. The number of carbonyl (C=O) groups excluding carboxylic acids is 1. The van der Waals surface area contributed by atoms with Crippen LogP contribution in [0.2, 0.25) is 0 Å². The summed E-state index contributed by atoms with van der Waals surface area (Å²) in [6.07, 6.45) is 1.49. The standard InChI is InChI=1S/C15H22N2O3S/c1-11-8-12(2)15(13(3)9-11)16-14(18)10-17-6-4-5-7-21(17,19)20/h8-9H,4-7,10H2,1-3H3,(H,16,18). The molecule has 0 bridgehead atoms. The van der Waals surface area contributed by atoms with Gasteiger partial charge in [0.05, 0.1) is 12.3 Å². The number of hydrogen-bond donors (Lipinski definition) is 1. The van der Waals surface area contributed by atoms with Gasteiger partial charge in [-0.05, 0) is 44.7 Å². The molecule has 1 aliphatic heterocycles. The predicted molar refractivity (Wildman–Crippen MR) is 83.9 cm³/mol. The predicted octanol–water partition coefficient (Wildman–Crippen LogP) is 1.98. The summed E-state index contributed by atoms with van der Waals surface area (Å²) in [6, 6.07) is 4.00. The molecule has 0 radical (unpaired) electrons. The van der Waals surface area contributed by atoms with Gasteiger partial charge in [-0.15, -0.1) is 0 Å². The Bertz CT molecular complexity index is 630. The molecule has 1 heterocycles. The molecule has 1 aromatic carbocycles. The van der Waals surface area contributed by atoms with Crippen molar-refractivity contribution in [3.8, 4) is 0 Å². The van der Waals surface area contributed by atoms with Crippen molar-refractivity contribution in [3.63, 3.8) is 0 Å². The van der Waals surface area contributed by atoms with E-state index in [0.717, 1.165) is 28.8 Å². The zero-order valence-corrected chi connectivity index (χ0v) is 13.6. The van der Waals surface area contributed by atoms with E-state index in [1.165, 1.54) is 4.31 Å². The van der Waals surface area contributed by atoms with Crippen molar-refractivity contribution in [1.29, 1.82) is 0 Å². The van der Waals surface area contributed by atoms with Gasteiger partial charge in [0.15, 0.2) is 0 Å². The maximum atomic E-state index is 12.1. The van der Waals surface area contributed by atoms with E-state index in [4.69, 9.17) is 0 Å². The number of aryl methyl sites for hydroxylation is 3. The summed E-state index contributed by atoms with van der Waals surface area (Å²) in [5.41, 5.74) is 3.89. The first-order valence-corrected chi connectivity index (χ1v) is 8.76. The first-order chi connectivity index (χ1) is 9.79. The summed E-state index contributed by atoms with van der Waals surface area (Å²) >= 11 is 0. The number of anilines is 1. The van der Waals surface area contributed by atoms with Crippen molar-refractivity contribution in [2.24, 2.45) is 0 Å². The third kappa shape index (κ3) is 3.83. The molecule has 0 saturated carbocycles. The van der Waals surface area contributed by atoms with Crippen LogP contribution in [0.1, 0.15) is 29.5 Å². The molecular weight excluding hydrogens is 288 g/mol. The van der Waals surface area contributed by atoms with E-state index in [1.54, 1.807) is 0 Å². The molecule has 1 saturated heterocycles. The van der Waals surface area contributed by atoms with Gasteiger partial charge in [0.1, 0.15) is 0 Å². The smallest absolute Gasteiger partial charge is 0.239 e. The van der Waals surface area contributed by atoms with Crippen LogP contribution in [0.15, 0.2) is 12.1 Å². The summed E-state index contributed by atoms with van der Waals surface area (Å²) in [5, 5.41) is 2.85. The summed E-state index contributed by atoms with van der Waals surface area (Å²) in [7, 11) is -3.27. The molecule has 2 rings (SSSR count). The normalized spacial score (nSPS) is 18.4. The SMILES string of the molecule is Cc1cc(C)c(NC(=O)CN2CCCCS2(=O)=O)c(C)c1. The Morgan fingerprint density at radius 3 is 2.38 bits per heavy atom. The van der Waals surface area contributed by atoms with Gasteiger partial charge in [0, 0.05) is 12.2 Å². The van der Waals surface area contributed by atoms with Crippen molar-refractivity contribution < 1.29 is 13.2 Å². The number of sulfonamides is 1. The molecule has 1 aromatic rings. The summed E-state index contributed by atoms with van der Waals surface area (Å²) in [6.45, 7) is 6.21. The molecular formula is C15H22N2O3S. The van der Waals surface area contributed by atoms with E-state index >= 15 is 0 Å². The molecule has 1 fully saturated rings. The fraction of sp³-hybridized carbons (Fsp3) is 0.533. The Morgan fingerprint density at radius 2 is 1.81 bits per heavy atom. The second kappa shape index (κ2) is 6.15. The molecule has 0 unspecified atom stereocenters. The van der Waals surface area contributed by atoms with Gasteiger partial charge >= 0.3 is 0 Å². The van der Waals surface area contributed by atoms with Gasteiger partial charge in [-0.1, -0.05) is 17.7 Å². The molecule has 5 nitrogen and oxygen atoms in total. The number of amides is 1. The Labute approximate surface area is 126 Å². The van der Waals surface area contributed by atoms with Crippen molar-refractivity contribution in [2.45, 2.75) is 33.6 Å². The molecule has 0 aromatic heterocycles. The highest BCUT2D eigenvalue weighted by atomic mass is 32.2. The molecule has 1 amide bonds. The van der Waals surface area contributed by atoms with Crippen molar-refractivity contribution in [1.82, 2.24) is 4.31 Å². The minimum atomic E-state index is -3.27. The van der Waals surface area contributed by atoms with Crippen molar-refractivity contribution in [2.75, 3.05) is 24.2 Å². The molecule has 0 aliphatic carbocycles. The zero-order chi connectivity index (χ0) is 15.6. The lowest BCUT2D eigenvalue weighted by molar-refractivity contribution is -0.116. The van der Waals surface area contributed by atoms with Gasteiger partial charge in [-0.3, -0.25) is 4.79 Å². The average Bonchev–Trinajstić information content (AvgIpc) is 2.36. The highest BCUT2D eigenvalue weighted by molar-refractivity contribution is 7.89. The first-order valence-electron chi connectivity index (χ1n) is 7.15. The number of nitrogens with zero attached hydrogens (tertiary/aromatic N) is 1. The number of rotatable bonds is 3. The number of carbonyl (C=O) groups is 1. The minimum Gasteiger partial charge on any atom is -0.324 e. The first kappa shape index (κ1) is 16.0. The monoisotopic (exact) mass is 310 g/mol. The van der Waals surface area contributed by atoms with E-state index in [0.29, 0.717) is 13.0 Å². The van der Waals surface area contributed by atoms with Crippen LogP contribution in [0.5, 0.6) is 0 Å². The van der Waals surface area contributed by atoms with Gasteiger partial charge in [-0.2, -0.15) is 4.31 Å². The Morgan fingerprint density at radius 1 is 1.19 bits per heavy atom. The van der Waals surface area contributed by atoms with E-state index in [-0.39, 0.29) is 18.2 Å². The largest absolute Gasteiger partial charge is 0.324 e. The van der Waals surface area contributed by atoms with Gasteiger partial charge in [0.25, 0.3) is 0 Å². The number of nitrogens with one attached hydrogen (secondary N) is 1. The topological polar surface area (TPSA) is 66.5 Å². The lowest BCUT2D eigenvalue weighted by atomic mass is 10.1. The quantitative estimate of drug-likeness (QED) is 0.928. The maximum absolute atomic E-state index is 12.1. The van der Waals surface area contributed by atoms with E-state index in [1.807, 2.05) is 32.9 Å². The molecule has 6 heteroatoms. The Balaban J connectivity index is 2.09. The maximum Gasteiger partial charge on any atom is 0.239 e. The Hall–Kier alpha value is -1.40. The highest BCUT2D eigenvalue weighted by Gasteiger charge is 2.27. The third-order valence-corrected chi connectivity index (χ3v) is 5.62. The summed E-state index contributed by atoms with van der Waals surface area (Å²) in [5.74, 6) is -0.140. The molecule has 1 N–H and O–H groups in total. The van der Waals surface area contributed by atoms with Crippen LogP contribution in [0, 0.1) is 20.8 Å². The van der Waals surface area contributed by atoms with Crippen LogP contribution < -0.4 is 5.32 Å². The van der Waals surface area contributed by atoms with Crippen LogP contribution in [0.25, 0.3) is 0 Å². The van der Waals surface area contributed by atoms with Gasteiger partial charge in [0.2, 0.25) is 15.9 Å². The molecule has 21 heavy (non-hydrogen) atoms. The van der Waals surface area contributed by atoms with Crippen LogP contribution >= 0.6 is 0 Å². The molecule has 0 spiro atoms. The van der Waals surface area contributed by atoms with Crippen molar-refractivity contribution >= 4 is 21.6 Å². The summed E-state index contributed by atoms with van der Waals surface area (Å²) in [4.78, 5) is 12.1. The molecule has 1 aliphatic rings. The van der Waals surface area contributed by atoms with E-state index < -0.39 is 10.0 Å². The van der Waals surface area contributed by atoms with Crippen LogP contribution in [0.3, 0.4) is 0 Å². The fourth-order valence-corrected chi connectivity index (χ4v) is 4.28. The van der Waals surface area contributed by atoms with Gasteiger partial charge in [-0.25, -0.2) is 8.42 Å². The average molecular weight is 310 g/mol. The van der Waals surface area contributed by atoms with E-state index in [2.05, 4.69) is 5.32 Å². The lowest BCUT2D eigenvalue weighted by Crippen LogP contribution is -2.42. The number of benzene rings is 1. The third-order valence-electron chi connectivity index (χ3n) is 3.71. The Kier molecular flexibility index (Phi) is 4.68. The minimum absolute atomic E-state index is 0.102. The zero-order valence-electron chi connectivity index (χ0n) is 12.8. The fourth-order valence-electron chi connectivity index (χ4n) is 2.73. The number of hydrogen-bond acceptors (Lipinski definition) is 3.